The van der Waals surface area contributed by atoms with Crippen LogP contribution in [0.5, 0.6) is 0 Å². The van der Waals surface area contributed by atoms with E-state index in [0.717, 1.165) is 36.7 Å². The lowest BCUT2D eigenvalue weighted by atomic mass is 10.0. The van der Waals surface area contributed by atoms with Crippen molar-refractivity contribution in [3.8, 4) is 21.8 Å². The third-order valence-corrected chi connectivity index (χ3v) is 4.97. The van der Waals surface area contributed by atoms with Crippen molar-refractivity contribution in [1.82, 2.24) is 25.6 Å². The molecule has 0 aliphatic rings. The van der Waals surface area contributed by atoms with Crippen molar-refractivity contribution in [3.05, 3.63) is 47.2 Å². The summed E-state index contributed by atoms with van der Waals surface area (Å²) in [6, 6.07) is 8.11. The van der Waals surface area contributed by atoms with Crippen LogP contribution in [0.1, 0.15) is 5.56 Å². The first-order valence-electron chi connectivity index (χ1n) is 6.60. The average Bonchev–Trinajstić information content (AvgIpc) is 3.17. The van der Waals surface area contributed by atoms with Gasteiger partial charge in [0.1, 0.15) is 0 Å². The van der Waals surface area contributed by atoms with Gasteiger partial charge in [-0.05, 0) is 35.4 Å². The number of aromatic nitrogens is 5. The molecule has 0 fully saturated rings. The molecule has 0 spiro atoms. The topological polar surface area (TPSA) is 67.3 Å². The molecule has 0 unspecified atom stereocenters. The molecule has 22 heavy (non-hydrogen) atoms. The molecule has 5 nitrogen and oxygen atoms in total. The van der Waals surface area contributed by atoms with Gasteiger partial charge >= 0.3 is 0 Å². The number of halogens is 1. The number of rotatable bonds is 2. The van der Waals surface area contributed by atoms with E-state index in [1.807, 2.05) is 31.5 Å². The number of aromatic amines is 1. The quantitative estimate of drug-likeness (QED) is 0.601. The van der Waals surface area contributed by atoms with Crippen LogP contribution in [0.2, 0.25) is 5.02 Å². The number of hydrogen-bond donors (Lipinski definition) is 1. The van der Waals surface area contributed by atoms with Gasteiger partial charge < -0.3 is 0 Å². The summed E-state index contributed by atoms with van der Waals surface area (Å²) in [5.41, 5.74) is 3.15. The average molecular weight is 328 g/mol. The summed E-state index contributed by atoms with van der Waals surface area (Å²) in [4.78, 5) is 5.29. The van der Waals surface area contributed by atoms with E-state index >= 15 is 0 Å². The molecule has 0 aliphatic heterocycles. The Morgan fingerprint density at radius 1 is 1.18 bits per heavy atom. The maximum absolute atomic E-state index is 6.25. The van der Waals surface area contributed by atoms with Crippen LogP contribution in [0.4, 0.5) is 0 Å². The highest BCUT2D eigenvalue weighted by Crippen LogP contribution is 2.37. The van der Waals surface area contributed by atoms with Gasteiger partial charge in [0.25, 0.3) is 0 Å². The fourth-order valence-corrected chi connectivity index (χ4v) is 3.49. The second kappa shape index (κ2) is 5.15. The van der Waals surface area contributed by atoms with E-state index in [9.17, 15) is 0 Å². The fraction of sp³-hybridized carbons (Fsp3) is 0.0667. The van der Waals surface area contributed by atoms with Crippen molar-refractivity contribution in [3.63, 3.8) is 0 Å². The van der Waals surface area contributed by atoms with Crippen LogP contribution >= 0.6 is 22.9 Å². The molecule has 0 radical (unpaired) electrons. The molecule has 7 heteroatoms. The maximum Gasteiger partial charge on any atom is 0.214 e. The fourth-order valence-electron chi connectivity index (χ4n) is 2.33. The highest BCUT2D eigenvalue weighted by atomic mass is 35.5. The summed E-state index contributed by atoms with van der Waals surface area (Å²) in [5, 5.41) is 16.0. The molecular formula is C15H10ClN5S. The molecule has 108 valence electrons. The van der Waals surface area contributed by atoms with E-state index in [4.69, 9.17) is 11.6 Å². The number of fused-ring (bicyclic) bond motifs is 1. The zero-order valence-corrected chi connectivity index (χ0v) is 13.1. The number of nitrogens with one attached hydrogen (secondary N) is 1. The van der Waals surface area contributed by atoms with Crippen molar-refractivity contribution in [2.24, 2.45) is 0 Å². The van der Waals surface area contributed by atoms with E-state index in [2.05, 4.69) is 37.7 Å². The van der Waals surface area contributed by atoms with Crippen LogP contribution in [0.25, 0.3) is 31.9 Å². The lowest BCUT2D eigenvalue weighted by Gasteiger charge is -2.05. The molecule has 0 amide bonds. The minimum atomic E-state index is 0.592. The van der Waals surface area contributed by atoms with Gasteiger partial charge in [-0.2, -0.15) is 5.21 Å². The third-order valence-electron chi connectivity index (χ3n) is 3.49. The van der Waals surface area contributed by atoms with Gasteiger partial charge in [0, 0.05) is 28.4 Å². The third kappa shape index (κ3) is 2.17. The first-order valence-corrected chi connectivity index (χ1v) is 7.80. The number of pyridine rings is 1. The summed E-state index contributed by atoms with van der Waals surface area (Å²) in [5.74, 6) is 0.592. The van der Waals surface area contributed by atoms with Crippen molar-refractivity contribution in [1.29, 1.82) is 0 Å². The number of thiophene rings is 1. The van der Waals surface area contributed by atoms with Gasteiger partial charge in [0.05, 0.1) is 9.58 Å². The molecule has 3 heterocycles. The normalized spacial score (nSPS) is 11.2. The largest absolute Gasteiger partial charge is 0.263 e. The van der Waals surface area contributed by atoms with Crippen LogP contribution in [-0.4, -0.2) is 25.6 Å². The number of aryl methyl sites for hydroxylation is 1. The Balaban J connectivity index is 1.92. The zero-order chi connectivity index (χ0) is 15.1. The number of nitrogens with zero attached hydrogens (tertiary/aromatic N) is 4. The monoisotopic (exact) mass is 327 g/mol. The Morgan fingerprint density at radius 2 is 2.09 bits per heavy atom. The summed E-state index contributed by atoms with van der Waals surface area (Å²) in [7, 11) is 0. The van der Waals surface area contributed by atoms with Crippen LogP contribution in [0, 0.1) is 6.92 Å². The Labute approximate surface area is 135 Å². The lowest BCUT2D eigenvalue weighted by Crippen LogP contribution is -1.83. The molecule has 4 rings (SSSR count). The van der Waals surface area contributed by atoms with Gasteiger partial charge in [-0.1, -0.05) is 23.7 Å². The molecule has 0 saturated carbocycles. The molecular weight excluding hydrogens is 318 g/mol. The van der Waals surface area contributed by atoms with Gasteiger partial charge in [-0.25, -0.2) is 0 Å². The highest BCUT2D eigenvalue weighted by Gasteiger charge is 2.12. The summed E-state index contributed by atoms with van der Waals surface area (Å²) in [6.07, 6.45) is 3.71. The maximum atomic E-state index is 6.25. The predicted octanol–water partition coefficient (Wildman–Crippen LogP) is 4.11. The Hall–Kier alpha value is -2.31. The number of hydrogen-bond acceptors (Lipinski definition) is 5. The summed E-state index contributed by atoms with van der Waals surface area (Å²) < 4.78 is 1.08. The van der Waals surface area contributed by atoms with Crippen molar-refractivity contribution in [2.45, 2.75) is 6.92 Å². The molecule has 0 saturated heterocycles. The highest BCUT2D eigenvalue weighted by molar-refractivity contribution is 7.22. The Bertz CT molecular complexity index is 961. The van der Waals surface area contributed by atoms with Crippen LogP contribution in [-0.2, 0) is 0 Å². The molecule has 1 aromatic carbocycles. The van der Waals surface area contributed by atoms with Crippen LogP contribution in [0.3, 0.4) is 0 Å². The second-order valence-corrected chi connectivity index (χ2v) is 6.40. The van der Waals surface area contributed by atoms with E-state index < -0.39 is 0 Å². The molecule has 0 bridgehead atoms. The molecule has 1 N–H and O–H groups in total. The van der Waals surface area contributed by atoms with Crippen molar-refractivity contribution >= 4 is 33.0 Å². The lowest BCUT2D eigenvalue weighted by molar-refractivity contribution is 0.881. The molecule has 0 atom stereocenters. The Kier molecular flexibility index (Phi) is 3.13. The number of tetrazole rings is 1. The standard InChI is InChI=1S/C15H10ClN5S/c1-8-2-3-9(4-12(8)16)11-6-17-7-14-10(11)5-13(22-14)15-18-20-21-19-15/h2-7H,1H3,(H,18,19,20,21). The van der Waals surface area contributed by atoms with Crippen LogP contribution < -0.4 is 0 Å². The first kappa shape index (κ1) is 13.4. The van der Waals surface area contributed by atoms with Gasteiger partial charge in [0.15, 0.2) is 0 Å². The van der Waals surface area contributed by atoms with E-state index in [1.54, 1.807) is 11.3 Å². The number of H-pyrrole nitrogens is 1. The minimum absolute atomic E-state index is 0.592. The number of benzene rings is 1. The minimum Gasteiger partial charge on any atom is -0.263 e. The van der Waals surface area contributed by atoms with Crippen molar-refractivity contribution in [2.75, 3.05) is 0 Å². The SMILES string of the molecule is Cc1ccc(-c2cncc3sc(-c4nn[nH]n4)cc23)cc1Cl. The molecule has 4 aromatic rings. The smallest absolute Gasteiger partial charge is 0.214 e. The molecule has 3 aromatic heterocycles. The molecule has 0 aliphatic carbocycles. The van der Waals surface area contributed by atoms with E-state index in [-0.39, 0.29) is 0 Å². The van der Waals surface area contributed by atoms with Crippen molar-refractivity contribution < 1.29 is 0 Å². The summed E-state index contributed by atoms with van der Waals surface area (Å²) in [6.45, 7) is 1.99. The van der Waals surface area contributed by atoms with E-state index in [1.165, 1.54) is 0 Å². The first-order chi connectivity index (χ1) is 10.7. The van der Waals surface area contributed by atoms with Crippen LogP contribution in [0.15, 0.2) is 36.7 Å². The van der Waals surface area contributed by atoms with Gasteiger partial charge in [0.2, 0.25) is 5.82 Å². The zero-order valence-electron chi connectivity index (χ0n) is 11.5. The van der Waals surface area contributed by atoms with Gasteiger partial charge in [-0.15, -0.1) is 21.5 Å². The Morgan fingerprint density at radius 3 is 2.86 bits per heavy atom. The summed E-state index contributed by atoms with van der Waals surface area (Å²) >= 11 is 7.84. The van der Waals surface area contributed by atoms with E-state index in [0.29, 0.717) is 5.82 Å². The predicted molar refractivity (Wildman–Crippen MR) is 88.0 cm³/mol. The second-order valence-electron chi connectivity index (χ2n) is 4.91. The van der Waals surface area contributed by atoms with Gasteiger partial charge in [-0.3, -0.25) is 4.98 Å².